The lowest BCUT2D eigenvalue weighted by Gasteiger charge is -2.12. The Hall–Kier alpha value is -0.900. The molecule has 1 aromatic rings. The number of ether oxygens (including phenoxy) is 1. The van der Waals surface area contributed by atoms with Gasteiger partial charge in [0.2, 0.25) is 0 Å². The van der Waals surface area contributed by atoms with Crippen LogP contribution < -0.4 is 5.32 Å². The molecule has 0 spiro atoms. The fraction of sp³-hybridized carbons (Fsp3) is 0.538. The molecule has 90 valence electrons. The average Bonchev–Trinajstić information content (AvgIpc) is 2.34. The van der Waals surface area contributed by atoms with Crippen LogP contribution in [-0.2, 0) is 4.74 Å². The Bertz CT molecular complexity index is 264. The monoisotopic (exact) mass is 223 g/mol. The maximum absolute atomic E-state index is 8.51. The van der Waals surface area contributed by atoms with Crippen LogP contribution in [0.1, 0.15) is 18.4 Å². The zero-order valence-corrected chi connectivity index (χ0v) is 9.86. The van der Waals surface area contributed by atoms with Crippen molar-refractivity contribution in [3.8, 4) is 0 Å². The maximum Gasteiger partial charge on any atom is 0.0698 e. The lowest BCUT2D eigenvalue weighted by Crippen LogP contribution is -2.24. The van der Waals surface area contributed by atoms with Crippen molar-refractivity contribution in [2.24, 2.45) is 0 Å². The van der Waals surface area contributed by atoms with Gasteiger partial charge in [-0.2, -0.15) is 0 Å². The molecule has 0 unspecified atom stereocenters. The number of hydrogen-bond acceptors (Lipinski definition) is 3. The zero-order chi connectivity index (χ0) is 11.6. The first-order chi connectivity index (χ1) is 7.84. The van der Waals surface area contributed by atoms with Gasteiger partial charge < -0.3 is 15.2 Å². The predicted octanol–water partition coefficient (Wildman–Crippen LogP) is 1.39. The van der Waals surface area contributed by atoms with Gasteiger partial charge in [0.25, 0.3) is 0 Å². The quantitative estimate of drug-likeness (QED) is 0.654. The molecule has 0 saturated carbocycles. The van der Waals surface area contributed by atoms with Gasteiger partial charge >= 0.3 is 0 Å². The fourth-order valence-electron chi connectivity index (χ4n) is 1.53. The Morgan fingerprint density at radius 1 is 1.25 bits per heavy atom. The van der Waals surface area contributed by atoms with Crippen LogP contribution in [0.2, 0.25) is 0 Å². The summed E-state index contributed by atoms with van der Waals surface area (Å²) in [4.78, 5) is 0. The molecule has 3 heteroatoms. The maximum atomic E-state index is 8.51. The van der Waals surface area contributed by atoms with Crippen molar-refractivity contribution in [2.45, 2.75) is 12.8 Å². The van der Waals surface area contributed by atoms with Crippen molar-refractivity contribution >= 4 is 0 Å². The highest BCUT2D eigenvalue weighted by Gasteiger charge is 2.03. The van der Waals surface area contributed by atoms with Crippen LogP contribution in [-0.4, -0.2) is 38.0 Å². The molecule has 16 heavy (non-hydrogen) atoms. The fourth-order valence-corrected chi connectivity index (χ4v) is 1.53. The molecule has 1 rings (SSSR count). The summed E-state index contributed by atoms with van der Waals surface area (Å²) < 4.78 is 5.16. The SMILES string of the molecule is C[C@H](CNCCOCCO)c1ccccc1. The summed E-state index contributed by atoms with van der Waals surface area (Å²) in [5, 5.41) is 11.9. The number of nitrogens with one attached hydrogen (secondary N) is 1. The number of hydrogen-bond donors (Lipinski definition) is 2. The van der Waals surface area contributed by atoms with E-state index in [1.165, 1.54) is 5.56 Å². The van der Waals surface area contributed by atoms with Crippen molar-refractivity contribution in [1.29, 1.82) is 0 Å². The standard InChI is InChI=1S/C13H21NO2/c1-12(13-5-3-2-4-6-13)11-14-7-9-16-10-8-15/h2-6,12,14-15H,7-11H2,1H3/t12-/m1/s1. The topological polar surface area (TPSA) is 41.5 Å². The lowest BCUT2D eigenvalue weighted by atomic mass is 10.0. The Morgan fingerprint density at radius 3 is 2.69 bits per heavy atom. The van der Waals surface area contributed by atoms with Crippen molar-refractivity contribution in [1.82, 2.24) is 5.32 Å². The zero-order valence-electron chi connectivity index (χ0n) is 9.86. The molecular weight excluding hydrogens is 202 g/mol. The van der Waals surface area contributed by atoms with Crippen LogP contribution in [0.25, 0.3) is 0 Å². The Balaban J connectivity index is 2.09. The summed E-state index contributed by atoms with van der Waals surface area (Å²) in [5.74, 6) is 0.513. The first-order valence-electron chi connectivity index (χ1n) is 5.79. The molecule has 3 nitrogen and oxygen atoms in total. The molecule has 0 bridgehead atoms. The Morgan fingerprint density at radius 2 is 2.00 bits per heavy atom. The third-order valence-corrected chi connectivity index (χ3v) is 2.48. The molecule has 0 radical (unpaired) electrons. The molecule has 1 atom stereocenters. The van der Waals surface area contributed by atoms with E-state index in [1.54, 1.807) is 0 Å². The minimum Gasteiger partial charge on any atom is -0.394 e. The van der Waals surface area contributed by atoms with Gasteiger partial charge in [-0.3, -0.25) is 0 Å². The van der Waals surface area contributed by atoms with Crippen molar-refractivity contribution in [2.75, 3.05) is 32.9 Å². The van der Waals surface area contributed by atoms with Gasteiger partial charge in [-0.15, -0.1) is 0 Å². The summed E-state index contributed by atoms with van der Waals surface area (Å²) in [6.07, 6.45) is 0. The summed E-state index contributed by atoms with van der Waals surface area (Å²) in [5.41, 5.74) is 1.35. The smallest absolute Gasteiger partial charge is 0.0698 e. The van der Waals surface area contributed by atoms with E-state index in [0.29, 0.717) is 19.1 Å². The lowest BCUT2D eigenvalue weighted by molar-refractivity contribution is 0.0938. The minimum atomic E-state index is 0.0976. The van der Waals surface area contributed by atoms with Gasteiger partial charge in [0.15, 0.2) is 0 Å². The van der Waals surface area contributed by atoms with Gasteiger partial charge in [-0.25, -0.2) is 0 Å². The predicted molar refractivity (Wildman–Crippen MR) is 65.6 cm³/mol. The molecule has 0 saturated heterocycles. The molecular formula is C13H21NO2. The minimum absolute atomic E-state index is 0.0976. The van der Waals surface area contributed by atoms with Crippen LogP contribution in [0.5, 0.6) is 0 Å². The normalized spacial score (nSPS) is 12.6. The molecule has 0 aliphatic rings. The molecule has 0 aromatic heterocycles. The average molecular weight is 223 g/mol. The largest absolute Gasteiger partial charge is 0.394 e. The number of benzene rings is 1. The third-order valence-electron chi connectivity index (χ3n) is 2.48. The molecule has 0 aliphatic heterocycles. The van der Waals surface area contributed by atoms with E-state index in [0.717, 1.165) is 13.1 Å². The highest BCUT2D eigenvalue weighted by atomic mass is 16.5. The summed E-state index contributed by atoms with van der Waals surface area (Å²) in [6.45, 7) is 5.17. The number of aliphatic hydroxyl groups excluding tert-OH is 1. The van der Waals surface area contributed by atoms with Gasteiger partial charge in [0, 0.05) is 13.1 Å². The van der Waals surface area contributed by atoms with Crippen LogP contribution in [0, 0.1) is 0 Å². The van der Waals surface area contributed by atoms with E-state index in [1.807, 2.05) is 6.07 Å². The van der Waals surface area contributed by atoms with Crippen LogP contribution in [0.3, 0.4) is 0 Å². The summed E-state index contributed by atoms with van der Waals surface area (Å²) in [6, 6.07) is 10.5. The second kappa shape index (κ2) is 8.28. The summed E-state index contributed by atoms with van der Waals surface area (Å²) >= 11 is 0. The first-order valence-corrected chi connectivity index (χ1v) is 5.79. The first kappa shape index (κ1) is 13.2. The van der Waals surface area contributed by atoms with E-state index in [9.17, 15) is 0 Å². The van der Waals surface area contributed by atoms with Crippen molar-refractivity contribution in [3.05, 3.63) is 35.9 Å². The molecule has 1 aromatic carbocycles. The van der Waals surface area contributed by atoms with Crippen molar-refractivity contribution < 1.29 is 9.84 Å². The van der Waals surface area contributed by atoms with E-state index in [4.69, 9.17) is 9.84 Å². The molecule has 0 heterocycles. The number of rotatable bonds is 8. The molecule has 0 amide bonds. The Labute approximate surface area is 97.4 Å². The van der Waals surface area contributed by atoms with E-state index >= 15 is 0 Å². The van der Waals surface area contributed by atoms with E-state index in [2.05, 4.69) is 36.5 Å². The highest BCUT2D eigenvalue weighted by Crippen LogP contribution is 2.12. The summed E-state index contributed by atoms with van der Waals surface area (Å²) in [7, 11) is 0. The van der Waals surface area contributed by atoms with Crippen LogP contribution >= 0.6 is 0 Å². The van der Waals surface area contributed by atoms with Gasteiger partial charge in [0.05, 0.1) is 19.8 Å². The Kier molecular flexibility index (Phi) is 6.81. The van der Waals surface area contributed by atoms with Crippen LogP contribution in [0.15, 0.2) is 30.3 Å². The number of aliphatic hydroxyl groups is 1. The third kappa shape index (κ3) is 5.26. The molecule has 2 N–H and O–H groups in total. The van der Waals surface area contributed by atoms with Gasteiger partial charge in [0.1, 0.15) is 0 Å². The van der Waals surface area contributed by atoms with Crippen molar-refractivity contribution in [3.63, 3.8) is 0 Å². The molecule has 0 aliphatic carbocycles. The second-order valence-corrected chi connectivity index (χ2v) is 3.85. The van der Waals surface area contributed by atoms with E-state index < -0.39 is 0 Å². The van der Waals surface area contributed by atoms with Gasteiger partial charge in [-0.1, -0.05) is 37.3 Å². The van der Waals surface area contributed by atoms with Gasteiger partial charge in [-0.05, 0) is 11.5 Å². The highest BCUT2D eigenvalue weighted by molar-refractivity contribution is 5.18. The van der Waals surface area contributed by atoms with E-state index in [-0.39, 0.29) is 6.61 Å². The van der Waals surface area contributed by atoms with Crippen LogP contribution in [0.4, 0.5) is 0 Å². The molecule has 0 fully saturated rings. The second-order valence-electron chi connectivity index (χ2n) is 3.85.